The highest BCUT2D eigenvalue weighted by atomic mass is 16.7. The number of carbonyl (C=O) groups excluding carboxylic acids is 3. The Morgan fingerprint density at radius 1 is 1.35 bits per heavy atom. The van der Waals surface area contributed by atoms with Crippen LogP contribution in [0.15, 0.2) is 0 Å². The Kier molecular flexibility index (Phi) is 10.2. The average molecular weight is 326 g/mol. The normalized spacial score (nSPS) is 12.8. The molecule has 8 nitrogen and oxygen atoms in total. The minimum absolute atomic E-state index is 0.0263. The van der Waals surface area contributed by atoms with E-state index < -0.39 is 29.8 Å². The van der Waals surface area contributed by atoms with Gasteiger partial charge < -0.3 is 24.9 Å². The van der Waals surface area contributed by atoms with Crippen LogP contribution in [0.1, 0.15) is 26.7 Å². The standard InChI is InChI=1S/C15H22N2O6/c1-5-13(21-4)14(19)17-12(7-6-11(18)8-16)15(20)23-9-22-10(2)3/h1,8,10,12-13,16H,6-7,9H2,2-4H3,(H,17,19)/t12-,13-/m0/s1. The quantitative estimate of drug-likeness (QED) is 0.240. The van der Waals surface area contributed by atoms with Crippen molar-refractivity contribution in [1.82, 2.24) is 5.32 Å². The van der Waals surface area contributed by atoms with Crippen molar-refractivity contribution in [2.45, 2.75) is 44.9 Å². The summed E-state index contributed by atoms with van der Waals surface area (Å²) in [6.07, 6.45) is 4.37. The molecule has 1 amide bonds. The van der Waals surface area contributed by atoms with E-state index in [1.165, 1.54) is 7.11 Å². The number of amides is 1. The molecule has 2 atom stereocenters. The molecule has 0 rings (SSSR count). The summed E-state index contributed by atoms with van der Waals surface area (Å²) in [7, 11) is 1.26. The number of hydrogen-bond donors (Lipinski definition) is 2. The van der Waals surface area contributed by atoms with Crippen molar-refractivity contribution in [2.24, 2.45) is 0 Å². The van der Waals surface area contributed by atoms with Gasteiger partial charge in [0.1, 0.15) is 6.04 Å². The maximum atomic E-state index is 12.0. The van der Waals surface area contributed by atoms with E-state index in [-0.39, 0.29) is 25.7 Å². The Morgan fingerprint density at radius 2 is 2.00 bits per heavy atom. The largest absolute Gasteiger partial charge is 0.437 e. The van der Waals surface area contributed by atoms with Gasteiger partial charge in [0.2, 0.25) is 0 Å². The molecule has 2 N–H and O–H groups in total. The summed E-state index contributed by atoms with van der Waals surface area (Å²) in [5.41, 5.74) is 0. The molecule has 0 aliphatic rings. The van der Waals surface area contributed by atoms with Crippen molar-refractivity contribution in [2.75, 3.05) is 13.9 Å². The lowest BCUT2D eigenvalue weighted by atomic mass is 10.1. The fraction of sp³-hybridized carbons (Fsp3) is 0.600. The van der Waals surface area contributed by atoms with Crippen LogP contribution in [0.3, 0.4) is 0 Å². The van der Waals surface area contributed by atoms with Crippen LogP contribution in [0.5, 0.6) is 0 Å². The second-order valence-electron chi connectivity index (χ2n) is 4.79. The van der Waals surface area contributed by atoms with Crippen molar-refractivity contribution >= 4 is 23.9 Å². The lowest BCUT2D eigenvalue weighted by molar-refractivity contribution is -0.163. The van der Waals surface area contributed by atoms with Crippen LogP contribution in [-0.2, 0) is 28.6 Å². The van der Waals surface area contributed by atoms with Crippen LogP contribution in [0.25, 0.3) is 0 Å². The number of esters is 1. The molecule has 0 aliphatic carbocycles. The molecule has 0 saturated carbocycles. The van der Waals surface area contributed by atoms with E-state index in [4.69, 9.17) is 26.0 Å². The molecule has 128 valence electrons. The minimum Gasteiger partial charge on any atom is -0.437 e. The molecule has 0 radical (unpaired) electrons. The van der Waals surface area contributed by atoms with E-state index >= 15 is 0 Å². The summed E-state index contributed by atoms with van der Waals surface area (Å²) in [5.74, 6) is 0.188. The molecule has 0 aromatic heterocycles. The first kappa shape index (κ1) is 20.8. The Morgan fingerprint density at radius 3 is 2.48 bits per heavy atom. The third-order valence-corrected chi connectivity index (χ3v) is 2.67. The van der Waals surface area contributed by atoms with Gasteiger partial charge in [-0.25, -0.2) is 4.79 Å². The minimum atomic E-state index is -1.16. The van der Waals surface area contributed by atoms with Crippen LogP contribution in [0.4, 0.5) is 0 Å². The molecular formula is C15H22N2O6. The topological polar surface area (TPSA) is 115 Å². The first-order chi connectivity index (χ1) is 10.8. The number of nitrogens with one attached hydrogen (secondary N) is 2. The van der Waals surface area contributed by atoms with E-state index in [0.717, 1.165) is 0 Å². The summed E-state index contributed by atoms with van der Waals surface area (Å²) in [6, 6.07) is -1.09. The van der Waals surface area contributed by atoms with Crippen LogP contribution in [0.2, 0.25) is 0 Å². The van der Waals surface area contributed by atoms with Gasteiger partial charge >= 0.3 is 5.97 Å². The van der Waals surface area contributed by atoms with Gasteiger partial charge in [-0.15, -0.1) is 6.42 Å². The molecule has 0 aromatic rings. The zero-order valence-corrected chi connectivity index (χ0v) is 13.5. The highest BCUT2D eigenvalue weighted by molar-refractivity contribution is 6.26. The van der Waals surface area contributed by atoms with Crippen molar-refractivity contribution < 1.29 is 28.6 Å². The lowest BCUT2D eigenvalue weighted by Gasteiger charge is -2.19. The summed E-state index contributed by atoms with van der Waals surface area (Å²) in [4.78, 5) is 35.0. The molecular weight excluding hydrogens is 304 g/mol. The summed E-state index contributed by atoms with van der Waals surface area (Å²) in [6.45, 7) is 3.27. The van der Waals surface area contributed by atoms with Crippen LogP contribution in [0, 0.1) is 17.8 Å². The van der Waals surface area contributed by atoms with Crippen molar-refractivity contribution in [3.05, 3.63) is 0 Å². The molecule has 0 aliphatic heterocycles. The molecule has 0 unspecified atom stereocenters. The van der Waals surface area contributed by atoms with Gasteiger partial charge in [0.15, 0.2) is 18.7 Å². The molecule has 0 saturated heterocycles. The van der Waals surface area contributed by atoms with Crippen molar-refractivity contribution in [3.8, 4) is 12.3 Å². The Balaban J connectivity index is 4.76. The van der Waals surface area contributed by atoms with Crippen LogP contribution in [-0.4, -0.2) is 56.0 Å². The van der Waals surface area contributed by atoms with Crippen molar-refractivity contribution in [1.29, 1.82) is 5.41 Å². The Labute approximate surface area is 135 Å². The van der Waals surface area contributed by atoms with E-state index in [1.807, 2.05) is 0 Å². The number of hydrogen-bond acceptors (Lipinski definition) is 7. The van der Waals surface area contributed by atoms with Crippen LogP contribution >= 0.6 is 0 Å². The second kappa shape index (κ2) is 11.3. The second-order valence-corrected chi connectivity index (χ2v) is 4.79. The number of Topliss-reactive ketones (excluding diaryl/α,β-unsaturated/α-hetero) is 1. The fourth-order valence-corrected chi connectivity index (χ4v) is 1.43. The van der Waals surface area contributed by atoms with Gasteiger partial charge in [-0.3, -0.25) is 9.59 Å². The number of rotatable bonds is 11. The molecule has 0 heterocycles. The number of methoxy groups -OCH3 is 1. The predicted molar refractivity (Wildman–Crippen MR) is 81.8 cm³/mol. The van der Waals surface area contributed by atoms with Gasteiger partial charge in [-0.2, -0.15) is 0 Å². The third kappa shape index (κ3) is 8.70. The number of ketones is 1. The summed E-state index contributed by atoms with van der Waals surface area (Å²) >= 11 is 0. The van der Waals surface area contributed by atoms with Crippen molar-refractivity contribution in [3.63, 3.8) is 0 Å². The van der Waals surface area contributed by atoms with Gasteiger partial charge in [-0.05, 0) is 20.3 Å². The SMILES string of the molecule is C#C[C@H](OC)C(=O)N[C@@H](CCC(=O)C=N)C(=O)OCOC(C)C. The molecule has 23 heavy (non-hydrogen) atoms. The lowest BCUT2D eigenvalue weighted by Crippen LogP contribution is -2.46. The highest BCUT2D eigenvalue weighted by Gasteiger charge is 2.26. The number of carbonyl (C=O) groups is 3. The van der Waals surface area contributed by atoms with Gasteiger partial charge in [0, 0.05) is 13.5 Å². The Bertz CT molecular complexity index is 469. The van der Waals surface area contributed by atoms with E-state index in [2.05, 4.69) is 11.2 Å². The third-order valence-electron chi connectivity index (χ3n) is 2.67. The van der Waals surface area contributed by atoms with E-state index in [0.29, 0.717) is 6.21 Å². The maximum Gasteiger partial charge on any atom is 0.330 e. The average Bonchev–Trinajstić information content (AvgIpc) is 2.51. The molecule has 8 heteroatoms. The number of ether oxygens (including phenoxy) is 3. The van der Waals surface area contributed by atoms with Gasteiger partial charge in [0.25, 0.3) is 5.91 Å². The maximum absolute atomic E-state index is 12.0. The summed E-state index contributed by atoms with van der Waals surface area (Å²) in [5, 5.41) is 9.22. The van der Waals surface area contributed by atoms with E-state index in [1.54, 1.807) is 13.8 Å². The highest BCUT2D eigenvalue weighted by Crippen LogP contribution is 2.03. The summed E-state index contributed by atoms with van der Waals surface area (Å²) < 4.78 is 14.8. The van der Waals surface area contributed by atoms with Gasteiger partial charge in [0.05, 0.1) is 12.3 Å². The molecule has 0 bridgehead atoms. The zero-order valence-electron chi connectivity index (χ0n) is 13.5. The monoisotopic (exact) mass is 326 g/mol. The zero-order chi connectivity index (χ0) is 17.8. The van der Waals surface area contributed by atoms with E-state index in [9.17, 15) is 14.4 Å². The number of terminal acetylenes is 1. The smallest absolute Gasteiger partial charge is 0.330 e. The molecule has 0 fully saturated rings. The molecule has 0 spiro atoms. The predicted octanol–water partition coefficient (Wildman–Crippen LogP) is 0.0440. The fourth-order valence-electron chi connectivity index (χ4n) is 1.43. The Hall–Kier alpha value is -2.24. The first-order valence-electron chi connectivity index (χ1n) is 6.96. The first-order valence-corrected chi connectivity index (χ1v) is 6.96. The molecule has 0 aromatic carbocycles. The van der Waals surface area contributed by atoms with Crippen LogP contribution < -0.4 is 5.32 Å². The van der Waals surface area contributed by atoms with Gasteiger partial charge in [-0.1, -0.05) is 5.92 Å².